The molecule has 0 radical (unpaired) electrons. The lowest BCUT2D eigenvalue weighted by atomic mass is 10.1. The summed E-state index contributed by atoms with van der Waals surface area (Å²) in [7, 11) is 0. The number of rotatable bonds is 2. The number of benzene rings is 1. The normalized spacial score (nSPS) is 10.2. The first-order chi connectivity index (χ1) is 8.08. The fraction of sp³-hybridized carbons (Fsp3) is 0.0769. The zero-order chi connectivity index (χ0) is 12.4. The predicted molar refractivity (Wildman–Crippen MR) is 66.4 cm³/mol. The molecule has 0 aliphatic carbocycles. The fourth-order valence-corrected chi connectivity index (χ4v) is 1.64. The molecule has 1 heterocycles. The van der Waals surface area contributed by atoms with E-state index >= 15 is 0 Å². The molecule has 4 heteroatoms. The van der Waals surface area contributed by atoms with E-state index in [0.29, 0.717) is 10.7 Å². The largest absolute Gasteiger partial charge is 0.477 e. The van der Waals surface area contributed by atoms with Crippen molar-refractivity contribution < 1.29 is 9.90 Å². The van der Waals surface area contributed by atoms with Gasteiger partial charge in [0.25, 0.3) is 0 Å². The molecule has 0 saturated heterocycles. The molecule has 0 bridgehead atoms. The van der Waals surface area contributed by atoms with Gasteiger partial charge >= 0.3 is 5.97 Å². The van der Waals surface area contributed by atoms with Crippen molar-refractivity contribution >= 4 is 17.6 Å². The number of hydrogen-bond acceptors (Lipinski definition) is 2. The maximum Gasteiger partial charge on any atom is 0.354 e. The highest BCUT2D eigenvalue weighted by Crippen LogP contribution is 2.23. The molecule has 1 N–H and O–H groups in total. The maximum atomic E-state index is 10.8. The minimum absolute atomic E-state index is 0.0371. The summed E-state index contributed by atoms with van der Waals surface area (Å²) < 4.78 is 0. The number of halogens is 1. The molecule has 1 aromatic heterocycles. The first kappa shape index (κ1) is 11.6. The third-order valence-electron chi connectivity index (χ3n) is 2.42. The van der Waals surface area contributed by atoms with Crippen molar-refractivity contribution in [3.63, 3.8) is 0 Å². The highest BCUT2D eigenvalue weighted by atomic mass is 35.5. The summed E-state index contributed by atoms with van der Waals surface area (Å²) in [4.78, 5) is 14.9. The molecule has 0 atom stereocenters. The molecule has 3 nitrogen and oxygen atoms in total. The van der Waals surface area contributed by atoms with Crippen molar-refractivity contribution in [2.24, 2.45) is 0 Å². The Bertz CT molecular complexity index is 581. The van der Waals surface area contributed by atoms with Gasteiger partial charge in [-0.2, -0.15) is 0 Å². The Morgan fingerprint density at radius 3 is 2.71 bits per heavy atom. The number of carbonyl (C=O) groups is 1. The van der Waals surface area contributed by atoms with E-state index in [1.165, 1.54) is 6.07 Å². The van der Waals surface area contributed by atoms with Gasteiger partial charge in [0, 0.05) is 10.6 Å². The van der Waals surface area contributed by atoms with Crippen LogP contribution in [0.4, 0.5) is 0 Å². The Morgan fingerprint density at radius 1 is 1.29 bits per heavy atom. The summed E-state index contributed by atoms with van der Waals surface area (Å²) in [6.45, 7) is 1.90. The van der Waals surface area contributed by atoms with Crippen molar-refractivity contribution in [1.82, 2.24) is 4.98 Å². The fourth-order valence-electron chi connectivity index (χ4n) is 1.52. The van der Waals surface area contributed by atoms with E-state index in [4.69, 9.17) is 16.7 Å². The molecular formula is C13H10ClNO2. The number of hydrogen-bond donors (Lipinski definition) is 1. The summed E-state index contributed by atoms with van der Waals surface area (Å²) in [5, 5.41) is 9.55. The average Bonchev–Trinajstić information content (AvgIpc) is 2.33. The van der Waals surface area contributed by atoms with Crippen LogP contribution in [0.1, 0.15) is 16.1 Å². The van der Waals surface area contributed by atoms with E-state index in [9.17, 15) is 4.79 Å². The molecule has 17 heavy (non-hydrogen) atoms. The average molecular weight is 248 g/mol. The summed E-state index contributed by atoms with van der Waals surface area (Å²) in [5.41, 5.74) is 2.46. The number of aryl methyl sites for hydroxylation is 1. The van der Waals surface area contributed by atoms with Gasteiger partial charge in [0.05, 0.1) is 5.69 Å². The van der Waals surface area contributed by atoms with E-state index < -0.39 is 5.97 Å². The van der Waals surface area contributed by atoms with Crippen LogP contribution in [0.15, 0.2) is 36.4 Å². The molecule has 0 fully saturated rings. The van der Waals surface area contributed by atoms with E-state index in [0.717, 1.165) is 11.1 Å². The zero-order valence-electron chi connectivity index (χ0n) is 9.14. The van der Waals surface area contributed by atoms with Gasteiger partial charge < -0.3 is 5.11 Å². The molecule has 86 valence electrons. The number of carboxylic acid groups (broad SMARTS) is 1. The lowest BCUT2D eigenvalue weighted by molar-refractivity contribution is 0.0690. The standard InChI is InChI=1S/C13H10ClNO2/c1-8-7-9(5-6-10(8)14)11-3-2-4-12(15-11)13(16)17/h2-7H,1H3,(H,16,17). The smallest absolute Gasteiger partial charge is 0.354 e. The van der Waals surface area contributed by atoms with E-state index in [1.54, 1.807) is 18.2 Å². The maximum absolute atomic E-state index is 10.8. The monoisotopic (exact) mass is 247 g/mol. The molecule has 0 unspecified atom stereocenters. The minimum Gasteiger partial charge on any atom is -0.477 e. The Balaban J connectivity index is 2.49. The van der Waals surface area contributed by atoms with Crippen LogP contribution >= 0.6 is 11.6 Å². The number of nitrogens with zero attached hydrogens (tertiary/aromatic N) is 1. The van der Waals surface area contributed by atoms with Crippen LogP contribution in [0.3, 0.4) is 0 Å². The number of carboxylic acids is 1. The Kier molecular flexibility index (Phi) is 3.11. The van der Waals surface area contributed by atoms with Crippen LogP contribution in [0.5, 0.6) is 0 Å². The first-order valence-corrected chi connectivity index (χ1v) is 5.42. The van der Waals surface area contributed by atoms with Crippen LogP contribution in [0.25, 0.3) is 11.3 Å². The van der Waals surface area contributed by atoms with Gasteiger partial charge in [0.15, 0.2) is 0 Å². The van der Waals surface area contributed by atoms with Crippen molar-refractivity contribution in [2.75, 3.05) is 0 Å². The number of aromatic carboxylic acids is 1. The molecule has 2 aromatic rings. The molecule has 0 aliphatic heterocycles. The second kappa shape index (κ2) is 4.55. The SMILES string of the molecule is Cc1cc(-c2cccc(C(=O)O)n2)ccc1Cl. The Morgan fingerprint density at radius 2 is 2.06 bits per heavy atom. The first-order valence-electron chi connectivity index (χ1n) is 5.05. The quantitative estimate of drug-likeness (QED) is 0.885. The zero-order valence-corrected chi connectivity index (χ0v) is 9.90. The summed E-state index contributed by atoms with van der Waals surface area (Å²) in [5.74, 6) is -1.03. The van der Waals surface area contributed by atoms with Gasteiger partial charge in [-0.1, -0.05) is 23.7 Å². The lowest BCUT2D eigenvalue weighted by Crippen LogP contribution is -2.00. The summed E-state index contributed by atoms with van der Waals surface area (Å²) >= 11 is 5.94. The minimum atomic E-state index is -1.03. The van der Waals surface area contributed by atoms with Crippen LogP contribution in [0, 0.1) is 6.92 Å². The van der Waals surface area contributed by atoms with E-state index in [-0.39, 0.29) is 5.69 Å². The molecule has 0 aliphatic rings. The highest BCUT2D eigenvalue weighted by molar-refractivity contribution is 6.31. The van der Waals surface area contributed by atoms with Gasteiger partial charge in [0.1, 0.15) is 5.69 Å². The van der Waals surface area contributed by atoms with E-state index in [2.05, 4.69) is 4.98 Å². The van der Waals surface area contributed by atoms with E-state index in [1.807, 2.05) is 19.1 Å². The van der Waals surface area contributed by atoms with Crippen LogP contribution in [-0.4, -0.2) is 16.1 Å². The van der Waals surface area contributed by atoms with Crippen LogP contribution < -0.4 is 0 Å². The second-order valence-electron chi connectivity index (χ2n) is 3.68. The van der Waals surface area contributed by atoms with Crippen molar-refractivity contribution in [3.8, 4) is 11.3 Å². The van der Waals surface area contributed by atoms with Gasteiger partial charge in [-0.05, 0) is 36.8 Å². The summed E-state index contributed by atoms with van der Waals surface area (Å²) in [6, 6.07) is 10.4. The van der Waals surface area contributed by atoms with Gasteiger partial charge in [-0.15, -0.1) is 0 Å². The summed E-state index contributed by atoms with van der Waals surface area (Å²) in [6.07, 6.45) is 0. The van der Waals surface area contributed by atoms with Crippen molar-refractivity contribution in [3.05, 3.63) is 52.7 Å². The third kappa shape index (κ3) is 2.45. The van der Waals surface area contributed by atoms with Gasteiger partial charge in [0.2, 0.25) is 0 Å². The van der Waals surface area contributed by atoms with Gasteiger partial charge in [-0.25, -0.2) is 9.78 Å². The molecule has 2 rings (SSSR count). The van der Waals surface area contributed by atoms with Crippen LogP contribution in [-0.2, 0) is 0 Å². The molecule has 1 aromatic carbocycles. The Labute approximate surface area is 104 Å². The highest BCUT2D eigenvalue weighted by Gasteiger charge is 2.07. The van der Waals surface area contributed by atoms with Crippen LogP contribution in [0.2, 0.25) is 5.02 Å². The predicted octanol–water partition coefficient (Wildman–Crippen LogP) is 3.41. The lowest BCUT2D eigenvalue weighted by Gasteiger charge is -2.04. The molecule has 0 amide bonds. The van der Waals surface area contributed by atoms with Crippen molar-refractivity contribution in [1.29, 1.82) is 0 Å². The molecule has 0 saturated carbocycles. The number of aromatic nitrogens is 1. The number of pyridine rings is 1. The molecule has 0 spiro atoms. The topological polar surface area (TPSA) is 50.2 Å². The molecular weight excluding hydrogens is 238 g/mol. The Hall–Kier alpha value is -1.87. The van der Waals surface area contributed by atoms with Crippen molar-refractivity contribution in [2.45, 2.75) is 6.92 Å². The second-order valence-corrected chi connectivity index (χ2v) is 4.08. The third-order valence-corrected chi connectivity index (χ3v) is 2.85. The van der Waals surface area contributed by atoms with Gasteiger partial charge in [-0.3, -0.25) is 0 Å².